The van der Waals surface area contributed by atoms with Crippen LogP contribution in [0.25, 0.3) is 6.08 Å². The lowest BCUT2D eigenvalue weighted by Crippen LogP contribution is -2.66. The minimum absolute atomic E-state index is 0.153. The van der Waals surface area contributed by atoms with E-state index in [2.05, 4.69) is 82.3 Å². The molecule has 0 aromatic heterocycles. The van der Waals surface area contributed by atoms with E-state index in [1.54, 1.807) is 19.2 Å². The molecule has 0 spiro atoms. The molecular weight excluding hydrogens is 629 g/mol. The Kier molecular flexibility index (Phi) is 10.2. The number of hydrogen-bond acceptors (Lipinski definition) is 6. The van der Waals surface area contributed by atoms with Gasteiger partial charge in [0.05, 0.1) is 24.5 Å². The summed E-state index contributed by atoms with van der Waals surface area (Å²) in [7, 11) is -2.36. The van der Waals surface area contributed by atoms with E-state index in [0.717, 1.165) is 29.6 Å². The summed E-state index contributed by atoms with van der Waals surface area (Å²) in [4.78, 5) is 28.4. The van der Waals surface area contributed by atoms with Crippen LogP contribution in [-0.4, -0.2) is 62.0 Å². The van der Waals surface area contributed by atoms with Gasteiger partial charge in [0.15, 0.2) is 0 Å². The number of carbonyl (C=O) groups is 2. The van der Waals surface area contributed by atoms with E-state index in [0.29, 0.717) is 19.4 Å². The molecule has 2 aliphatic heterocycles. The number of imide groups is 1. The van der Waals surface area contributed by atoms with Gasteiger partial charge in [-0.1, -0.05) is 112 Å². The predicted octanol–water partition coefficient (Wildman–Crippen LogP) is 5.97. The zero-order chi connectivity index (χ0) is 34.9. The lowest BCUT2D eigenvalue weighted by Gasteiger charge is -2.46. The number of benzene rings is 3. The van der Waals surface area contributed by atoms with Gasteiger partial charge in [0.1, 0.15) is 5.75 Å². The van der Waals surface area contributed by atoms with E-state index in [9.17, 15) is 19.7 Å². The van der Waals surface area contributed by atoms with Crippen molar-refractivity contribution in [2.24, 2.45) is 17.8 Å². The minimum Gasteiger partial charge on any atom is -0.508 e. The monoisotopic (exact) mass is 677 g/mol. The van der Waals surface area contributed by atoms with Crippen LogP contribution in [0.2, 0.25) is 11.4 Å². The van der Waals surface area contributed by atoms with Gasteiger partial charge in [-0.3, -0.25) is 14.5 Å². The van der Waals surface area contributed by atoms with Gasteiger partial charge in [0.2, 0.25) is 11.8 Å². The Bertz CT molecular complexity index is 1680. The molecule has 49 heavy (non-hydrogen) atoms. The van der Waals surface area contributed by atoms with Crippen LogP contribution in [-0.2, 0) is 18.7 Å². The predicted molar refractivity (Wildman–Crippen MR) is 197 cm³/mol. The van der Waals surface area contributed by atoms with Crippen molar-refractivity contribution in [3.05, 3.63) is 107 Å². The maximum atomic E-state index is 13.6. The highest BCUT2D eigenvalue weighted by Gasteiger charge is 2.57. The van der Waals surface area contributed by atoms with E-state index < -0.39 is 33.4 Å². The molecule has 2 fully saturated rings. The van der Waals surface area contributed by atoms with Crippen molar-refractivity contribution in [2.45, 2.75) is 70.8 Å². The molecule has 3 aromatic rings. The fourth-order valence-electron chi connectivity index (χ4n) is 8.48. The molecular formula is C40H48BNO6Si. The first-order chi connectivity index (χ1) is 23.4. The van der Waals surface area contributed by atoms with Crippen molar-refractivity contribution in [2.75, 3.05) is 13.7 Å². The first-order valence-electron chi connectivity index (χ1n) is 17.5. The normalized spacial score (nSPS) is 23.2. The smallest absolute Gasteiger partial charge is 0.455 e. The molecule has 2 heterocycles. The van der Waals surface area contributed by atoms with Crippen LogP contribution in [0.3, 0.4) is 0 Å². The summed E-state index contributed by atoms with van der Waals surface area (Å²) in [5.74, 6) is -1.39. The zero-order valence-corrected chi connectivity index (χ0v) is 30.3. The molecule has 2 amide bonds. The highest BCUT2D eigenvalue weighted by molar-refractivity contribution is 6.99. The molecule has 0 unspecified atom stereocenters. The van der Waals surface area contributed by atoms with Gasteiger partial charge in [0, 0.05) is 7.05 Å². The Morgan fingerprint density at radius 2 is 1.57 bits per heavy atom. The average molecular weight is 678 g/mol. The van der Waals surface area contributed by atoms with Crippen molar-refractivity contribution < 1.29 is 28.8 Å². The second-order valence-corrected chi connectivity index (χ2v) is 19.1. The molecule has 0 bridgehead atoms. The molecule has 0 radical (unpaired) electrons. The second kappa shape index (κ2) is 14.2. The molecule has 9 heteroatoms. The van der Waals surface area contributed by atoms with E-state index >= 15 is 0 Å². The fraction of sp³-hybridized carbons (Fsp3) is 0.400. The maximum absolute atomic E-state index is 13.6. The van der Waals surface area contributed by atoms with Gasteiger partial charge in [0.25, 0.3) is 8.32 Å². The van der Waals surface area contributed by atoms with Crippen molar-refractivity contribution >= 4 is 43.7 Å². The van der Waals surface area contributed by atoms with Gasteiger partial charge in [-0.2, -0.15) is 0 Å². The SMILES string of the molecule is CC/C(=C\c1ccc(O)cc1)CC[C@H]1OB(O)C[C@H]2C1=C(CO[Si](c1ccccc1)(c1ccccc1)C(C)(C)C)C[C@H]1C(=O)N(C)C(=O)[C@H]12. The Hall–Kier alpha value is -3.76. The number of nitrogens with zero attached hydrogens (tertiary/aromatic N) is 1. The van der Waals surface area contributed by atoms with Gasteiger partial charge in [-0.25, -0.2) is 0 Å². The highest BCUT2D eigenvalue weighted by Crippen LogP contribution is 2.51. The van der Waals surface area contributed by atoms with Crippen molar-refractivity contribution in [3.8, 4) is 5.75 Å². The number of aromatic hydroxyl groups is 1. The molecule has 2 saturated heterocycles. The summed E-state index contributed by atoms with van der Waals surface area (Å²) in [6.45, 7) is 9.19. The summed E-state index contributed by atoms with van der Waals surface area (Å²) < 4.78 is 13.8. The van der Waals surface area contributed by atoms with Gasteiger partial charge in [-0.15, -0.1) is 0 Å². The van der Waals surface area contributed by atoms with Gasteiger partial charge in [-0.05, 0) is 82.2 Å². The standard InChI is InChI=1S/C40H48BNO6Si/c1-6-27(23-28-17-20-30(43)21-18-28)19-22-35-36-29(24-33-37(34(36)25-41(46)48-35)39(45)42(5)38(33)44)26-47-49(40(2,3)4,31-13-9-7-10-14-31)32-15-11-8-12-16-32/h7-18,20-21,23,33-35,37,43,46H,6,19,22,24-26H2,1-5H3/b27-23+/t33-,34+,35-,37-/m1/s1. The zero-order valence-electron chi connectivity index (χ0n) is 29.3. The quantitative estimate of drug-likeness (QED) is 0.156. The third-order valence-corrected chi connectivity index (χ3v) is 15.8. The Morgan fingerprint density at radius 1 is 0.959 bits per heavy atom. The van der Waals surface area contributed by atoms with Crippen LogP contribution in [0.4, 0.5) is 0 Å². The molecule has 7 nitrogen and oxygen atoms in total. The first-order valence-corrected chi connectivity index (χ1v) is 19.5. The highest BCUT2D eigenvalue weighted by atomic mass is 28.4. The van der Waals surface area contributed by atoms with Crippen molar-refractivity contribution in [1.82, 2.24) is 4.90 Å². The van der Waals surface area contributed by atoms with Crippen LogP contribution < -0.4 is 10.4 Å². The van der Waals surface area contributed by atoms with Crippen LogP contribution in [0.15, 0.2) is 102 Å². The number of rotatable bonds is 10. The van der Waals surface area contributed by atoms with Crippen LogP contribution >= 0.6 is 0 Å². The molecule has 2 N–H and O–H groups in total. The average Bonchev–Trinajstić information content (AvgIpc) is 3.31. The number of hydrogen-bond donors (Lipinski definition) is 2. The third-order valence-electron chi connectivity index (χ3n) is 10.9. The topological polar surface area (TPSA) is 96.3 Å². The fourth-order valence-corrected chi connectivity index (χ4v) is 13.0. The number of phenols is 1. The number of likely N-dealkylation sites (tertiary alicyclic amines) is 1. The Morgan fingerprint density at radius 3 is 2.14 bits per heavy atom. The molecule has 0 saturated carbocycles. The molecule has 6 rings (SSSR count). The molecule has 3 aromatic carbocycles. The molecule has 256 valence electrons. The number of carbonyl (C=O) groups excluding carboxylic acids is 2. The lowest BCUT2D eigenvalue weighted by molar-refractivity contribution is -0.138. The third kappa shape index (κ3) is 6.74. The van der Waals surface area contributed by atoms with Gasteiger partial charge < -0.3 is 19.2 Å². The number of phenolic OH excluding ortho intramolecular Hbond substituents is 1. The van der Waals surface area contributed by atoms with E-state index in [4.69, 9.17) is 9.08 Å². The number of allylic oxidation sites excluding steroid dienone is 1. The van der Waals surface area contributed by atoms with Crippen LogP contribution in [0.1, 0.15) is 58.9 Å². The number of amides is 2. The first kappa shape index (κ1) is 35.1. The molecule has 3 aliphatic rings. The summed E-state index contributed by atoms with van der Waals surface area (Å²) in [5.41, 5.74) is 4.28. The lowest BCUT2D eigenvalue weighted by atomic mass is 9.58. The minimum atomic E-state index is -2.91. The van der Waals surface area contributed by atoms with E-state index in [-0.39, 0.29) is 34.8 Å². The van der Waals surface area contributed by atoms with Crippen molar-refractivity contribution in [1.29, 1.82) is 0 Å². The van der Waals surface area contributed by atoms with E-state index in [1.807, 2.05) is 24.3 Å². The molecule has 1 aliphatic carbocycles. The van der Waals surface area contributed by atoms with Crippen LogP contribution in [0, 0.1) is 17.8 Å². The Balaban J connectivity index is 1.41. The van der Waals surface area contributed by atoms with Crippen LogP contribution in [0.5, 0.6) is 5.75 Å². The largest absolute Gasteiger partial charge is 0.508 e. The van der Waals surface area contributed by atoms with Gasteiger partial charge >= 0.3 is 7.12 Å². The summed E-state index contributed by atoms with van der Waals surface area (Å²) in [6.07, 6.45) is 4.62. The summed E-state index contributed by atoms with van der Waals surface area (Å²) in [6, 6.07) is 28.2. The molecule has 4 atom stereocenters. The number of fused-ring (bicyclic) bond motifs is 3. The van der Waals surface area contributed by atoms with Crippen molar-refractivity contribution in [3.63, 3.8) is 0 Å². The summed E-state index contributed by atoms with van der Waals surface area (Å²) in [5, 5.41) is 22.9. The maximum Gasteiger partial charge on any atom is 0.455 e. The van der Waals surface area contributed by atoms with E-state index in [1.165, 1.54) is 20.8 Å². The second-order valence-electron chi connectivity index (χ2n) is 14.8. The Labute approximate surface area is 291 Å². The summed E-state index contributed by atoms with van der Waals surface area (Å²) >= 11 is 0.